The fraction of sp³-hybridized carbons (Fsp3) is 0.0455. The maximum Gasteiger partial charge on any atom is 0.209 e. The standard InChI is InChI=1S/C22H15BrFN3/c23-16-9-5-15(6-10-16)21-13-19(14-7-11-17(24)12-8-14)26-22-25-18-3-1-2-4-20(18)27(21)22/h1-13,19H,(H,25,26). The van der Waals surface area contributed by atoms with Gasteiger partial charge < -0.3 is 5.32 Å². The highest BCUT2D eigenvalue weighted by Gasteiger charge is 2.24. The van der Waals surface area contributed by atoms with Gasteiger partial charge in [-0.15, -0.1) is 0 Å². The van der Waals surface area contributed by atoms with E-state index in [0.29, 0.717) is 0 Å². The number of benzene rings is 3. The van der Waals surface area contributed by atoms with Gasteiger partial charge in [0.25, 0.3) is 0 Å². The van der Waals surface area contributed by atoms with Crippen molar-refractivity contribution in [1.82, 2.24) is 9.55 Å². The summed E-state index contributed by atoms with van der Waals surface area (Å²) in [7, 11) is 0. The van der Waals surface area contributed by atoms with Crippen LogP contribution in [0.15, 0.2) is 83.3 Å². The first kappa shape index (κ1) is 16.3. The molecule has 1 unspecified atom stereocenters. The van der Waals surface area contributed by atoms with Crippen LogP contribution in [-0.4, -0.2) is 9.55 Å². The molecule has 0 aliphatic carbocycles. The van der Waals surface area contributed by atoms with Gasteiger partial charge in [-0.25, -0.2) is 9.37 Å². The van der Waals surface area contributed by atoms with E-state index in [1.807, 2.05) is 30.3 Å². The molecule has 1 aliphatic heterocycles. The molecule has 1 aromatic heterocycles. The number of halogens is 2. The van der Waals surface area contributed by atoms with Crippen molar-refractivity contribution in [3.63, 3.8) is 0 Å². The zero-order chi connectivity index (χ0) is 18.4. The molecule has 0 amide bonds. The Kier molecular flexibility index (Phi) is 3.83. The van der Waals surface area contributed by atoms with Gasteiger partial charge in [0, 0.05) is 4.47 Å². The molecule has 5 heteroatoms. The molecule has 1 atom stereocenters. The van der Waals surface area contributed by atoms with Crippen molar-refractivity contribution in [2.24, 2.45) is 0 Å². The summed E-state index contributed by atoms with van der Waals surface area (Å²) in [5.41, 5.74) is 5.12. The van der Waals surface area contributed by atoms with Gasteiger partial charge >= 0.3 is 0 Å². The lowest BCUT2D eigenvalue weighted by Crippen LogP contribution is -2.19. The highest BCUT2D eigenvalue weighted by molar-refractivity contribution is 9.10. The number of para-hydroxylation sites is 2. The average Bonchev–Trinajstić information content (AvgIpc) is 3.07. The van der Waals surface area contributed by atoms with Gasteiger partial charge in [0.15, 0.2) is 0 Å². The van der Waals surface area contributed by atoms with Crippen LogP contribution >= 0.6 is 15.9 Å². The second-order valence-electron chi connectivity index (χ2n) is 6.49. The third-order valence-electron chi connectivity index (χ3n) is 4.78. The van der Waals surface area contributed by atoms with Crippen LogP contribution in [0.25, 0.3) is 16.7 Å². The average molecular weight is 420 g/mol. The van der Waals surface area contributed by atoms with Crippen molar-refractivity contribution in [1.29, 1.82) is 0 Å². The molecule has 0 radical (unpaired) electrons. The maximum absolute atomic E-state index is 13.4. The highest BCUT2D eigenvalue weighted by Crippen LogP contribution is 2.36. The van der Waals surface area contributed by atoms with Crippen LogP contribution in [0.1, 0.15) is 17.2 Å². The lowest BCUT2D eigenvalue weighted by Gasteiger charge is -2.26. The topological polar surface area (TPSA) is 29.9 Å². The molecule has 5 rings (SSSR count). The van der Waals surface area contributed by atoms with Gasteiger partial charge in [-0.05, 0) is 53.6 Å². The molecule has 27 heavy (non-hydrogen) atoms. The fourth-order valence-electron chi connectivity index (χ4n) is 3.48. The van der Waals surface area contributed by atoms with Crippen LogP contribution in [0.4, 0.5) is 10.3 Å². The number of nitrogens with one attached hydrogen (secondary N) is 1. The molecule has 4 aromatic rings. The van der Waals surface area contributed by atoms with Crippen molar-refractivity contribution in [2.75, 3.05) is 5.32 Å². The lowest BCUT2D eigenvalue weighted by atomic mass is 10.0. The van der Waals surface area contributed by atoms with Crippen LogP contribution in [0.2, 0.25) is 0 Å². The number of imidazole rings is 1. The van der Waals surface area contributed by atoms with Gasteiger partial charge in [-0.2, -0.15) is 0 Å². The van der Waals surface area contributed by atoms with E-state index < -0.39 is 0 Å². The Morgan fingerprint density at radius 2 is 1.67 bits per heavy atom. The van der Waals surface area contributed by atoms with E-state index in [9.17, 15) is 4.39 Å². The second-order valence-corrected chi connectivity index (χ2v) is 7.41. The SMILES string of the molecule is Fc1ccc(C2C=C(c3ccc(Br)cc3)n3c(nc4ccccc43)N2)cc1. The van der Waals surface area contributed by atoms with Crippen LogP contribution in [0.5, 0.6) is 0 Å². The largest absolute Gasteiger partial charge is 0.345 e. The summed E-state index contributed by atoms with van der Waals surface area (Å²) >= 11 is 3.50. The summed E-state index contributed by atoms with van der Waals surface area (Å²) < 4.78 is 16.5. The van der Waals surface area contributed by atoms with Gasteiger partial charge in [-0.1, -0.05) is 52.3 Å². The molecule has 0 fully saturated rings. The third-order valence-corrected chi connectivity index (χ3v) is 5.31. The number of aromatic nitrogens is 2. The molecule has 0 saturated carbocycles. The molecule has 2 heterocycles. The van der Waals surface area contributed by atoms with Gasteiger partial charge in [-0.3, -0.25) is 4.57 Å². The van der Waals surface area contributed by atoms with Crippen LogP contribution in [0.3, 0.4) is 0 Å². The fourth-order valence-corrected chi connectivity index (χ4v) is 3.74. The number of hydrogen-bond donors (Lipinski definition) is 1. The summed E-state index contributed by atoms with van der Waals surface area (Å²) in [6, 6.07) is 22.8. The number of anilines is 1. The Morgan fingerprint density at radius 3 is 2.44 bits per heavy atom. The minimum Gasteiger partial charge on any atom is -0.345 e. The van der Waals surface area contributed by atoms with Gasteiger partial charge in [0.2, 0.25) is 5.95 Å². The van der Waals surface area contributed by atoms with E-state index >= 15 is 0 Å². The first-order chi connectivity index (χ1) is 13.2. The molecule has 0 bridgehead atoms. The smallest absolute Gasteiger partial charge is 0.209 e. The van der Waals surface area contributed by atoms with Crippen LogP contribution in [-0.2, 0) is 0 Å². The maximum atomic E-state index is 13.4. The minimum absolute atomic E-state index is 0.0893. The van der Waals surface area contributed by atoms with Crippen LogP contribution < -0.4 is 5.32 Å². The molecule has 0 spiro atoms. The second kappa shape index (κ2) is 6.35. The predicted octanol–water partition coefficient (Wildman–Crippen LogP) is 5.99. The van der Waals surface area contributed by atoms with Crippen molar-refractivity contribution in [3.05, 3.63) is 100 Å². The number of hydrogen-bond acceptors (Lipinski definition) is 2. The van der Waals surface area contributed by atoms with Gasteiger partial charge in [0.05, 0.1) is 22.8 Å². The molecule has 1 N–H and O–H groups in total. The van der Waals surface area contributed by atoms with E-state index in [4.69, 9.17) is 4.98 Å². The summed E-state index contributed by atoms with van der Waals surface area (Å²) in [6.45, 7) is 0. The first-order valence-corrected chi connectivity index (χ1v) is 9.46. The van der Waals surface area contributed by atoms with Crippen molar-refractivity contribution in [3.8, 4) is 0 Å². The summed E-state index contributed by atoms with van der Waals surface area (Å²) in [5, 5.41) is 3.48. The van der Waals surface area contributed by atoms with Crippen molar-refractivity contribution >= 4 is 38.6 Å². The van der Waals surface area contributed by atoms with E-state index in [0.717, 1.165) is 38.3 Å². The molecule has 3 aromatic carbocycles. The third kappa shape index (κ3) is 2.84. The molecular formula is C22H15BrFN3. The van der Waals surface area contributed by atoms with E-state index in [1.165, 1.54) is 12.1 Å². The molecule has 132 valence electrons. The number of nitrogens with zero attached hydrogens (tertiary/aromatic N) is 2. The van der Waals surface area contributed by atoms with E-state index in [2.05, 4.69) is 50.1 Å². The predicted molar refractivity (Wildman–Crippen MR) is 110 cm³/mol. The van der Waals surface area contributed by atoms with E-state index in [1.54, 1.807) is 12.1 Å². The highest BCUT2D eigenvalue weighted by atomic mass is 79.9. The van der Waals surface area contributed by atoms with E-state index in [-0.39, 0.29) is 11.9 Å². The van der Waals surface area contributed by atoms with Crippen LogP contribution in [0, 0.1) is 5.82 Å². The Labute approximate surface area is 164 Å². The lowest BCUT2D eigenvalue weighted by molar-refractivity contribution is 0.626. The quantitative estimate of drug-likeness (QED) is 0.432. The Morgan fingerprint density at radius 1 is 0.926 bits per heavy atom. The minimum atomic E-state index is -0.237. The van der Waals surface area contributed by atoms with Crippen molar-refractivity contribution < 1.29 is 4.39 Å². The van der Waals surface area contributed by atoms with Crippen molar-refractivity contribution in [2.45, 2.75) is 6.04 Å². The molecular weight excluding hydrogens is 405 g/mol. The number of rotatable bonds is 2. The molecule has 3 nitrogen and oxygen atoms in total. The Hall–Kier alpha value is -2.92. The van der Waals surface area contributed by atoms with Gasteiger partial charge in [0.1, 0.15) is 5.82 Å². The number of fused-ring (bicyclic) bond motifs is 3. The first-order valence-electron chi connectivity index (χ1n) is 8.67. The molecule has 1 aliphatic rings. The molecule has 0 saturated heterocycles. The zero-order valence-corrected chi connectivity index (χ0v) is 15.8. The summed E-state index contributed by atoms with van der Waals surface area (Å²) in [6.07, 6.45) is 2.16. The zero-order valence-electron chi connectivity index (χ0n) is 14.2. The summed E-state index contributed by atoms with van der Waals surface area (Å²) in [4.78, 5) is 4.77. The monoisotopic (exact) mass is 419 g/mol. The Balaban J connectivity index is 1.71. The normalized spacial score (nSPS) is 15.9. The summed E-state index contributed by atoms with van der Waals surface area (Å²) in [5.74, 6) is 0.546. The Bertz CT molecular complexity index is 1160.